The minimum atomic E-state index is -0.150. The normalized spacial score (nSPS) is 10.8. The summed E-state index contributed by atoms with van der Waals surface area (Å²) >= 11 is 1.54. The highest BCUT2D eigenvalue weighted by atomic mass is 32.1. The van der Waals surface area contributed by atoms with E-state index in [1.807, 2.05) is 42.6 Å². The maximum absolute atomic E-state index is 13.3. The maximum atomic E-state index is 13.3. The first kappa shape index (κ1) is 21.6. The third kappa shape index (κ3) is 4.97. The molecule has 0 saturated heterocycles. The van der Waals surface area contributed by atoms with Gasteiger partial charge in [-0.25, -0.2) is 4.98 Å². The second-order valence-electron chi connectivity index (χ2n) is 7.28. The number of carbonyl (C=O) groups is 2. The van der Waals surface area contributed by atoms with Crippen LogP contribution in [0.15, 0.2) is 69.0 Å². The summed E-state index contributed by atoms with van der Waals surface area (Å²) < 4.78 is 11.2. The number of hydrogen-bond acceptors (Lipinski definition) is 6. The summed E-state index contributed by atoms with van der Waals surface area (Å²) in [5.74, 6) is 1.61. The summed E-state index contributed by atoms with van der Waals surface area (Å²) in [4.78, 5) is 32.2. The molecule has 0 fully saturated rings. The van der Waals surface area contributed by atoms with Crippen LogP contribution in [0.1, 0.15) is 33.1 Å². The molecule has 2 amide bonds. The highest BCUT2D eigenvalue weighted by Crippen LogP contribution is 2.26. The Morgan fingerprint density at radius 3 is 2.56 bits per heavy atom. The van der Waals surface area contributed by atoms with Gasteiger partial charge in [0.05, 0.1) is 29.8 Å². The van der Waals surface area contributed by atoms with E-state index in [1.165, 1.54) is 0 Å². The van der Waals surface area contributed by atoms with Gasteiger partial charge in [0.1, 0.15) is 11.5 Å². The number of benzene rings is 1. The summed E-state index contributed by atoms with van der Waals surface area (Å²) in [5.41, 5.74) is 2.10. The van der Waals surface area contributed by atoms with E-state index in [9.17, 15) is 9.59 Å². The molecule has 3 aromatic heterocycles. The average Bonchev–Trinajstić information content (AvgIpc) is 3.56. The lowest BCUT2D eigenvalue weighted by atomic mass is 10.1. The quantitative estimate of drug-likeness (QED) is 0.430. The largest absolute Gasteiger partial charge is 0.467 e. The van der Waals surface area contributed by atoms with E-state index < -0.39 is 0 Å². The molecule has 0 bridgehead atoms. The van der Waals surface area contributed by atoms with E-state index in [2.05, 4.69) is 10.3 Å². The lowest BCUT2D eigenvalue weighted by Crippen LogP contribution is -2.31. The van der Waals surface area contributed by atoms with Crippen LogP contribution < -0.4 is 5.32 Å². The molecule has 0 radical (unpaired) electrons. The summed E-state index contributed by atoms with van der Waals surface area (Å²) in [6.45, 7) is 2.53. The van der Waals surface area contributed by atoms with Crippen molar-refractivity contribution in [2.24, 2.45) is 0 Å². The topological polar surface area (TPSA) is 88.6 Å². The van der Waals surface area contributed by atoms with Crippen molar-refractivity contribution in [3.05, 3.63) is 88.5 Å². The van der Waals surface area contributed by atoms with Crippen LogP contribution in [0.5, 0.6) is 0 Å². The van der Waals surface area contributed by atoms with Gasteiger partial charge in [0.15, 0.2) is 0 Å². The second kappa shape index (κ2) is 9.65. The van der Waals surface area contributed by atoms with Crippen LogP contribution >= 0.6 is 11.3 Å². The van der Waals surface area contributed by atoms with Crippen molar-refractivity contribution < 1.29 is 18.4 Å². The van der Waals surface area contributed by atoms with E-state index >= 15 is 0 Å². The predicted molar refractivity (Wildman–Crippen MR) is 121 cm³/mol. The zero-order valence-corrected chi connectivity index (χ0v) is 18.6. The van der Waals surface area contributed by atoms with Gasteiger partial charge < -0.3 is 19.1 Å². The molecule has 3 heterocycles. The average molecular weight is 450 g/mol. The van der Waals surface area contributed by atoms with Gasteiger partial charge in [0.25, 0.3) is 5.91 Å². The van der Waals surface area contributed by atoms with Crippen LogP contribution in [0, 0.1) is 6.92 Å². The van der Waals surface area contributed by atoms with Gasteiger partial charge >= 0.3 is 0 Å². The second-order valence-corrected chi connectivity index (χ2v) is 8.23. The molecule has 8 heteroatoms. The van der Waals surface area contributed by atoms with Crippen LogP contribution in [0.2, 0.25) is 0 Å². The van der Waals surface area contributed by atoms with Gasteiger partial charge in [-0.1, -0.05) is 18.2 Å². The minimum absolute atomic E-state index is 0.0918. The number of nitrogens with zero attached hydrogens (tertiary/aromatic N) is 2. The molecule has 0 aliphatic heterocycles. The van der Waals surface area contributed by atoms with Crippen molar-refractivity contribution >= 4 is 23.2 Å². The number of thiophene rings is 1. The maximum Gasteiger partial charge on any atom is 0.251 e. The van der Waals surface area contributed by atoms with E-state index in [0.717, 1.165) is 10.4 Å². The van der Waals surface area contributed by atoms with Crippen LogP contribution in [0.4, 0.5) is 0 Å². The van der Waals surface area contributed by atoms with Gasteiger partial charge in [0.2, 0.25) is 11.8 Å². The molecule has 0 aliphatic rings. The monoisotopic (exact) mass is 449 g/mol. The molecule has 4 rings (SSSR count). The first-order chi connectivity index (χ1) is 15.5. The zero-order valence-electron chi connectivity index (χ0n) is 17.8. The number of rotatable bonds is 8. The summed E-state index contributed by atoms with van der Waals surface area (Å²) in [6.07, 6.45) is 1.71. The molecule has 0 aliphatic carbocycles. The fraction of sp³-hybridized carbons (Fsp3) is 0.208. The Bertz CT molecular complexity index is 1180. The molecule has 0 atom stereocenters. The summed E-state index contributed by atoms with van der Waals surface area (Å²) in [6, 6.07) is 14.7. The number of nitrogens with one attached hydrogen (secondary N) is 1. The third-order valence-corrected chi connectivity index (χ3v) is 5.90. The Hall–Kier alpha value is -3.65. The Balaban J connectivity index is 1.52. The van der Waals surface area contributed by atoms with Crippen molar-refractivity contribution in [3.63, 3.8) is 0 Å². The van der Waals surface area contributed by atoms with E-state index in [0.29, 0.717) is 41.8 Å². The lowest BCUT2D eigenvalue weighted by Gasteiger charge is -2.22. The van der Waals surface area contributed by atoms with Crippen LogP contribution in [0.3, 0.4) is 0 Å². The molecule has 4 aromatic rings. The Morgan fingerprint density at radius 2 is 1.91 bits per heavy atom. The number of amides is 2. The van der Waals surface area contributed by atoms with Crippen molar-refractivity contribution in [1.82, 2.24) is 15.2 Å². The Morgan fingerprint density at radius 1 is 1.09 bits per heavy atom. The van der Waals surface area contributed by atoms with Crippen LogP contribution in [0.25, 0.3) is 10.8 Å². The summed E-state index contributed by atoms with van der Waals surface area (Å²) in [5, 5.41) is 4.56. The van der Waals surface area contributed by atoms with Gasteiger partial charge in [-0.15, -0.1) is 11.3 Å². The smallest absolute Gasteiger partial charge is 0.251 e. The fourth-order valence-corrected chi connectivity index (χ4v) is 3.95. The number of hydrogen-bond donors (Lipinski definition) is 1. The Kier molecular flexibility index (Phi) is 6.51. The van der Waals surface area contributed by atoms with Crippen molar-refractivity contribution in [3.8, 4) is 10.8 Å². The van der Waals surface area contributed by atoms with E-state index in [1.54, 1.807) is 47.7 Å². The highest BCUT2D eigenvalue weighted by molar-refractivity contribution is 7.13. The van der Waals surface area contributed by atoms with Crippen molar-refractivity contribution in [1.29, 1.82) is 0 Å². The SMILES string of the molecule is CNC(=O)c1ccc(CN(Cc2ccco2)C(=O)Cc2nc(-c3cccs3)oc2C)cc1. The number of furan rings is 1. The molecule has 1 aromatic carbocycles. The first-order valence-corrected chi connectivity index (χ1v) is 11.0. The number of oxazole rings is 1. The van der Waals surface area contributed by atoms with Crippen LogP contribution in [-0.2, 0) is 24.3 Å². The molecular formula is C24H23N3O4S. The fourth-order valence-electron chi connectivity index (χ4n) is 3.30. The van der Waals surface area contributed by atoms with Crippen molar-refractivity contribution in [2.75, 3.05) is 7.05 Å². The number of aromatic nitrogens is 1. The summed E-state index contributed by atoms with van der Waals surface area (Å²) in [7, 11) is 1.59. The molecule has 0 spiro atoms. The van der Waals surface area contributed by atoms with Crippen molar-refractivity contribution in [2.45, 2.75) is 26.4 Å². The molecule has 7 nitrogen and oxygen atoms in total. The Labute approximate surface area is 189 Å². The zero-order chi connectivity index (χ0) is 22.5. The first-order valence-electron chi connectivity index (χ1n) is 10.1. The molecule has 0 unspecified atom stereocenters. The number of carbonyl (C=O) groups excluding carboxylic acids is 2. The third-order valence-electron chi connectivity index (χ3n) is 5.04. The predicted octanol–water partition coefficient (Wildman–Crippen LogP) is 4.44. The van der Waals surface area contributed by atoms with Gasteiger partial charge in [0, 0.05) is 19.2 Å². The molecule has 1 N–H and O–H groups in total. The molecule has 164 valence electrons. The molecular weight excluding hydrogens is 426 g/mol. The number of aryl methyl sites for hydroxylation is 1. The van der Waals surface area contributed by atoms with Gasteiger partial charge in [-0.05, 0) is 48.2 Å². The molecule has 32 heavy (non-hydrogen) atoms. The van der Waals surface area contributed by atoms with E-state index in [4.69, 9.17) is 8.83 Å². The standard InChI is InChI=1S/C24H23N3O4S/c1-16-20(26-24(31-16)21-6-4-12-32-21)13-22(28)27(15-19-5-3-11-30-19)14-17-7-9-18(10-8-17)23(29)25-2/h3-12H,13-15H2,1-2H3,(H,25,29). The lowest BCUT2D eigenvalue weighted by molar-refractivity contribution is -0.132. The minimum Gasteiger partial charge on any atom is -0.467 e. The molecule has 0 saturated carbocycles. The van der Waals surface area contributed by atoms with Crippen LogP contribution in [-0.4, -0.2) is 28.7 Å². The van der Waals surface area contributed by atoms with Gasteiger partial charge in [-0.3, -0.25) is 9.59 Å². The highest BCUT2D eigenvalue weighted by Gasteiger charge is 2.21. The van der Waals surface area contributed by atoms with E-state index in [-0.39, 0.29) is 18.2 Å². The van der Waals surface area contributed by atoms with Gasteiger partial charge in [-0.2, -0.15) is 0 Å².